The summed E-state index contributed by atoms with van der Waals surface area (Å²) >= 11 is 0. The highest BCUT2D eigenvalue weighted by Crippen LogP contribution is 2.18. The van der Waals surface area contributed by atoms with Gasteiger partial charge in [-0.25, -0.2) is 8.42 Å². The molecule has 1 rings (SSSR count). The number of nitrogens with zero attached hydrogens (tertiary/aromatic N) is 1. The van der Waals surface area contributed by atoms with Crippen molar-refractivity contribution in [1.82, 2.24) is 4.31 Å². The molecule has 1 aromatic rings. The van der Waals surface area contributed by atoms with Gasteiger partial charge in [-0.15, -0.1) is 0 Å². The van der Waals surface area contributed by atoms with Crippen molar-refractivity contribution < 1.29 is 18.5 Å². The van der Waals surface area contributed by atoms with Crippen LogP contribution in [0.2, 0.25) is 0 Å². The Hall–Kier alpha value is -0.885. The maximum atomic E-state index is 12.3. The minimum atomic E-state index is -3.70. The van der Waals surface area contributed by atoms with Crippen LogP contribution >= 0.6 is 0 Å². The Morgan fingerprint density at radius 3 is 2.11 bits per heavy atom. The van der Waals surface area contributed by atoms with Crippen LogP contribution in [-0.2, 0) is 10.0 Å². The second-order valence-electron chi connectivity index (χ2n) is 4.46. The summed E-state index contributed by atoms with van der Waals surface area (Å²) in [5.74, 6) is 0. The highest BCUT2D eigenvalue weighted by atomic mass is 32.2. The first-order chi connectivity index (χ1) is 8.25. The number of aryl methyl sites for hydroxylation is 1. The fourth-order valence-electron chi connectivity index (χ4n) is 1.59. The van der Waals surface area contributed by atoms with Crippen LogP contribution in [0.5, 0.6) is 0 Å². The molecule has 0 radical (unpaired) electrons. The molecule has 7 heteroatoms. The molecule has 0 bridgehead atoms. The van der Waals surface area contributed by atoms with Crippen molar-refractivity contribution >= 4 is 17.1 Å². The van der Waals surface area contributed by atoms with E-state index in [0.717, 1.165) is 9.87 Å². The third-order valence-electron chi connectivity index (χ3n) is 2.55. The van der Waals surface area contributed by atoms with E-state index in [-0.39, 0.29) is 17.4 Å². The van der Waals surface area contributed by atoms with Gasteiger partial charge in [0.1, 0.15) is 0 Å². The molecule has 0 amide bonds. The van der Waals surface area contributed by atoms with Crippen LogP contribution in [0.4, 0.5) is 0 Å². The molecule has 0 heterocycles. The molecule has 0 aliphatic heterocycles. The fourth-order valence-corrected chi connectivity index (χ4v) is 3.23. The molecule has 0 aliphatic rings. The van der Waals surface area contributed by atoms with Crippen LogP contribution in [0.3, 0.4) is 0 Å². The van der Waals surface area contributed by atoms with Gasteiger partial charge >= 0.3 is 7.12 Å². The molecule has 0 spiro atoms. The second-order valence-corrected chi connectivity index (χ2v) is 6.35. The Morgan fingerprint density at radius 1 is 1.22 bits per heavy atom. The quantitative estimate of drug-likeness (QED) is 0.760. The summed E-state index contributed by atoms with van der Waals surface area (Å²) in [6.45, 7) is 5.25. The summed E-state index contributed by atoms with van der Waals surface area (Å²) < 4.78 is 25.7. The zero-order chi connectivity index (χ0) is 13.9. The van der Waals surface area contributed by atoms with Crippen LogP contribution < -0.4 is 0 Å². The Balaban J connectivity index is 3.13. The summed E-state index contributed by atoms with van der Waals surface area (Å²) in [5.41, 5.74) is 0.965. The molecule has 1 aromatic carbocycles. The van der Waals surface area contributed by atoms with E-state index in [1.165, 1.54) is 12.1 Å². The summed E-state index contributed by atoms with van der Waals surface area (Å²) in [7, 11) is -5.39. The zero-order valence-electron chi connectivity index (χ0n) is 10.7. The van der Waals surface area contributed by atoms with Crippen LogP contribution in [0.15, 0.2) is 29.2 Å². The average molecular weight is 271 g/mol. The monoisotopic (exact) mass is 271 g/mol. The Labute approximate surface area is 108 Å². The van der Waals surface area contributed by atoms with Crippen molar-refractivity contribution in [3.05, 3.63) is 29.8 Å². The molecule has 0 aromatic heterocycles. The normalized spacial score (nSPS) is 12.2. The van der Waals surface area contributed by atoms with Crippen LogP contribution in [-0.4, -0.2) is 42.4 Å². The zero-order valence-corrected chi connectivity index (χ0v) is 11.6. The van der Waals surface area contributed by atoms with E-state index < -0.39 is 17.1 Å². The molecular weight excluding hydrogens is 253 g/mol. The van der Waals surface area contributed by atoms with Crippen LogP contribution in [0.1, 0.15) is 19.4 Å². The standard InChI is InChI=1S/C11H18BNO4S/c1-9(2)13(8-12(14)15)18(16,17)11-6-4-10(3)5-7-11/h4-7,9,14-15H,8H2,1-3H3. The first-order valence-electron chi connectivity index (χ1n) is 5.70. The third-order valence-corrected chi connectivity index (χ3v) is 4.60. The van der Waals surface area contributed by atoms with Crippen LogP contribution in [0.25, 0.3) is 0 Å². The Bertz CT molecular complexity index is 484. The summed E-state index contributed by atoms with van der Waals surface area (Å²) in [6.07, 6.45) is -0.339. The maximum absolute atomic E-state index is 12.3. The van der Waals surface area contributed by atoms with Crippen molar-refractivity contribution in [2.45, 2.75) is 31.7 Å². The first kappa shape index (κ1) is 15.2. The summed E-state index contributed by atoms with van der Waals surface area (Å²) in [6, 6.07) is 6.10. The maximum Gasteiger partial charge on any atom is 0.467 e. The van der Waals surface area contributed by atoms with E-state index >= 15 is 0 Å². The van der Waals surface area contributed by atoms with Crippen molar-refractivity contribution in [3.63, 3.8) is 0 Å². The third kappa shape index (κ3) is 3.55. The van der Waals surface area contributed by atoms with Gasteiger partial charge in [-0.3, -0.25) is 0 Å². The lowest BCUT2D eigenvalue weighted by Gasteiger charge is -2.25. The fraction of sp³-hybridized carbons (Fsp3) is 0.455. The molecule has 0 aliphatic carbocycles. The summed E-state index contributed by atoms with van der Waals surface area (Å²) in [5, 5.41) is 18.0. The van der Waals surface area contributed by atoms with E-state index in [1.807, 2.05) is 6.92 Å². The minimum absolute atomic E-state index is 0.155. The molecule has 0 fully saturated rings. The van der Waals surface area contributed by atoms with E-state index in [1.54, 1.807) is 26.0 Å². The first-order valence-corrected chi connectivity index (χ1v) is 7.14. The molecule has 2 N–H and O–H groups in total. The van der Waals surface area contributed by atoms with E-state index in [9.17, 15) is 8.42 Å². The van der Waals surface area contributed by atoms with E-state index in [0.29, 0.717) is 0 Å². The van der Waals surface area contributed by atoms with E-state index in [4.69, 9.17) is 10.0 Å². The average Bonchev–Trinajstić information content (AvgIpc) is 2.25. The van der Waals surface area contributed by atoms with Gasteiger partial charge in [0.05, 0.1) is 4.90 Å². The molecule has 18 heavy (non-hydrogen) atoms. The molecule has 0 saturated carbocycles. The highest BCUT2D eigenvalue weighted by molar-refractivity contribution is 7.89. The minimum Gasteiger partial charge on any atom is -0.426 e. The van der Waals surface area contributed by atoms with Crippen molar-refractivity contribution in [2.24, 2.45) is 0 Å². The molecule has 0 saturated heterocycles. The number of hydrogen-bond donors (Lipinski definition) is 2. The van der Waals surface area contributed by atoms with Gasteiger partial charge in [-0.05, 0) is 32.9 Å². The van der Waals surface area contributed by atoms with E-state index in [2.05, 4.69) is 0 Å². The predicted molar refractivity (Wildman–Crippen MR) is 70.4 cm³/mol. The largest absolute Gasteiger partial charge is 0.467 e. The lowest BCUT2D eigenvalue weighted by molar-refractivity contribution is 0.333. The second kappa shape index (κ2) is 5.84. The van der Waals surface area contributed by atoms with Gasteiger partial charge in [0.25, 0.3) is 0 Å². The van der Waals surface area contributed by atoms with Gasteiger partial charge in [0.2, 0.25) is 10.0 Å². The van der Waals surface area contributed by atoms with Gasteiger partial charge in [0.15, 0.2) is 0 Å². The summed E-state index contributed by atoms with van der Waals surface area (Å²) in [4.78, 5) is 0.155. The molecule has 100 valence electrons. The van der Waals surface area contributed by atoms with Gasteiger partial charge in [-0.2, -0.15) is 4.31 Å². The highest BCUT2D eigenvalue weighted by Gasteiger charge is 2.30. The number of hydrogen-bond acceptors (Lipinski definition) is 4. The van der Waals surface area contributed by atoms with Crippen molar-refractivity contribution in [2.75, 3.05) is 6.44 Å². The SMILES string of the molecule is Cc1ccc(S(=O)(=O)N(CB(O)O)C(C)C)cc1. The molecule has 0 unspecified atom stereocenters. The van der Waals surface area contributed by atoms with Gasteiger partial charge in [0, 0.05) is 12.5 Å². The molecule has 0 atom stereocenters. The van der Waals surface area contributed by atoms with Crippen molar-refractivity contribution in [1.29, 1.82) is 0 Å². The lowest BCUT2D eigenvalue weighted by atomic mass is 9.92. The molecular formula is C11H18BNO4S. The predicted octanol–water partition coefficient (Wildman–Crippen LogP) is 0.406. The topological polar surface area (TPSA) is 77.8 Å². The molecule has 5 nitrogen and oxygen atoms in total. The van der Waals surface area contributed by atoms with Crippen molar-refractivity contribution in [3.8, 4) is 0 Å². The Morgan fingerprint density at radius 2 is 1.72 bits per heavy atom. The number of rotatable bonds is 5. The van der Waals surface area contributed by atoms with Crippen LogP contribution in [0, 0.1) is 6.92 Å². The smallest absolute Gasteiger partial charge is 0.426 e. The van der Waals surface area contributed by atoms with Gasteiger partial charge in [-0.1, -0.05) is 17.7 Å². The Kier molecular flexibility index (Phi) is 4.92. The number of benzene rings is 1. The number of sulfonamides is 1. The lowest BCUT2D eigenvalue weighted by Crippen LogP contribution is -2.43. The van der Waals surface area contributed by atoms with Gasteiger partial charge < -0.3 is 10.0 Å².